The zero-order chi connectivity index (χ0) is 16.9. The summed E-state index contributed by atoms with van der Waals surface area (Å²) in [7, 11) is 1.60. The summed E-state index contributed by atoms with van der Waals surface area (Å²) in [6.45, 7) is 0.174. The molecule has 0 aliphatic rings. The highest BCUT2D eigenvalue weighted by Gasteiger charge is 2.15. The number of nitrogens with zero attached hydrogens (tertiary/aromatic N) is 2. The number of hydrogen-bond acceptors (Lipinski definition) is 3. The lowest BCUT2D eigenvalue weighted by molar-refractivity contribution is -0.740. The van der Waals surface area contributed by atoms with Crippen LogP contribution in [0, 0.1) is 0 Å². The van der Waals surface area contributed by atoms with Crippen LogP contribution in [0.15, 0.2) is 66.9 Å². The molecule has 0 saturated carbocycles. The van der Waals surface area contributed by atoms with E-state index in [2.05, 4.69) is 5.10 Å². The molecule has 120 valence electrons. The van der Waals surface area contributed by atoms with E-state index in [1.165, 1.54) is 0 Å². The first-order chi connectivity index (χ1) is 11.7. The highest BCUT2D eigenvalue weighted by Crippen LogP contribution is 2.18. The molecule has 0 fully saturated rings. The Morgan fingerprint density at radius 1 is 1.08 bits per heavy atom. The molecule has 1 aromatic heterocycles. The van der Waals surface area contributed by atoms with Crippen LogP contribution >= 0.6 is 11.6 Å². The third-order valence-electron chi connectivity index (χ3n) is 3.61. The van der Waals surface area contributed by atoms with Gasteiger partial charge in [0.15, 0.2) is 6.20 Å². The van der Waals surface area contributed by atoms with Crippen LogP contribution in [0.25, 0.3) is 11.3 Å². The topological polar surface area (TPSA) is 43.1 Å². The van der Waals surface area contributed by atoms with Crippen molar-refractivity contribution in [3.05, 3.63) is 77.4 Å². The van der Waals surface area contributed by atoms with Gasteiger partial charge < -0.3 is 4.74 Å². The Hall–Kier alpha value is -2.72. The monoisotopic (exact) mass is 339 g/mol. The van der Waals surface area contributed by atoms with E-state index in [1.807, 2.05) is 36.4 Å². The van der Waals surface area contributed by atoms with Crippen LogP contribution in [0.4, 0.5) is 0 Å². The van der Waals surface area contributed by atoms with Crippen molar-refractivity contribution in [2.24, 2.45) is 0 Å². The Labute approximate surface area is 145 Å². The Kier molecular flexibility index (Phi) is 4.87. The van der Waals surface area contributed by atoms with Crippen LogP contribution in [0.1, 0.15) is 10.4 Å². The van der Waals surface area contributed by atoms with Crippen LogP contribution in [0.5, 0.6) is 5.75 Å². The van der Waals surface area contributed by atoms with Gasteiger partial charge in [0.1, 0.15) is 11.4 Å². The van der Waals surface area contributed by atoms with Crippen LogP contribution in [-0.2, 0) is 6.54 Å². The molecule has 0 aliphatic heterocycles. The van der Waals surface area contributed by atoms with Gasteiger partial charge in [-0.3, -0.25) is 4.79 Å². The second-order valence-corrected chi connectivity index (χ2v) is 5.69. The molecular formula is C19H16ClN2O2+. The lowest BCUT2D eigenvalue weighted by Crippen LogP contribution is -2.41. The highest BCUT2D eigenvalue weighted by molar-refractivity contribution is 6.30. The molecule has 0 amide bonds. The van der Waals surface area contributed by atoms with Gasteiger partial charge in [-0.25, -0.2) is 0 Å². The lowest BCUT2D eigenvalue weighted by atomic mass is 10.1. The standard InChI is InChI=1S/C19H16ClN2O2/c1-24-17-10-6-15(7-11-17)19(23)13-22-12-2-3-18(21-22)14-4-8-16(20)9-5-14/h2-12H,13H2,1H3/q+1. The molecule has 0 aliphatic carbocycles. The minimum Gasteiger partial charge on any atom is -0.497 e. The number of carbonyl (C=O) groups is 1. The van der Waals surface area contributed by atoms with E-state index in [0.717, 1.165) is 17.0 Å². The summed E-state index contributed by atoms with van der Waals surface area (Å²) < 4.78 is 6.74. The van der Waals surface area contributed by atoms with E-state index in [9.17, 15) is 4.79 Å². The van der Waals surface area contributed by atoms with Gasteiger partial charge in [-0.15, -0.1) is 0 Å². The van der Waals surface area contributed by atoms with Crippen LogP contribution in [-0.4, -0.2) is 18.0 Å². The van der Waals surface area contributed by atoms with E-state index in [0.29, 0.717) is 10.6 Å². The van der Waals surface area contributed by atoms with Gasteiger partial charge >= 0.3 is 0 Å². The SMILES string of the molecule is COc1ccc(C(=O)C[n+]2cccc(-c3ccc(Cl)cc3)n2)cc1. The molecule has 0 unspecified atom stereocenters. The van der Waals surface area contributed by atoms with Gasteiger partial charge in [-0.1, -0.05) is 28.4 Å². The Bertz CT molecular complexity index is 846. The molecule has 5 heteroatoms. The highest BCUT2D eigenvalue weighted by atomic mass is 35.5. The summed E-state index contributed by atoms with van der Waals surface area (Å²) in [6, 6.07) is 18.3. The minimum absolute atomic E-state index is 0.0107. The summed E-state index contributed by atoms with van der Waals surface area (Å²) >= 11 is 5.91. The first kappa shape index (κ1) is 16.1. The maximum absolute atomic E-state index is 12.4. The molecular weight excluding hydrogens is 324 g/mol. The zero-order valence-electron chi connectivity index (χ0n) is 13.1. The fourth-order valence-electron chi connectivity index (χ4n) is 2.32. The molecule has 3 rings (SSSR count). The molecule has 0 N–H and O–H groups in total. The number of carbonyl (C=O) groups excluding carboxylic acids is 1. The molecule has 0 spiro atoms. The number of rotatable bonds is 5. The summed E-state index contributed by atoms with van der Waals surface area (Å²) in [5.74, 6) is 0.713. The van der Waals surface area contributed by atoms with Crippen molar-refractivity contribution in [1.29, 1.82) is 0 Å². The van der Waals surface area contributed by atoms with Crippen molar-refractivity contribution in [3.63, 3.8) is 0 Å². The lowest BCUT2D eigenvalue weighted by Gasteiger charge is -2.02. The second-order valence-electron chi connectivity index (χ2n) is 5.25. The molecule has 0 radical (unpaired) electrons. The van der Waals surface area contributed by atoms with E-state index in [4.69, 9.17) is 16.3 Å². The largest absolute Gasteiger partial charge is 0.497 e. The summed E-state index contributed by atoms with van der Waals surface area (Å²) in [5.41, 5.74) is 2.37. The van der Waals surface area contributed by atoms with Crippen molar-refractivity contribution in [3.8, 4) is 17.0 Å². The quantitative estimate of drug-likeness (QED) is 0.527. The van der Waals surface area contributed by atoms with Gasteiger partial charge in [0.25, 0.3) is 0 Å². The molecule has 0 bridgehead atoms. The summed E-state index contributed by atoms with van der Waals surface area (Å²) in [5, 5.41) is 5.18. The number of Topliss-reactive ketones (excluding diaryl/α,β-unsaturated/α-hetero) is 1. The van der Waals surface area contributed by atoms with Crippen LogP contribution < -0.4 is 9.42 Å². The fraction of sp³-hybridized carbons (Fsp3) is 0.105. The number of hydrogen-bond donors (Lipinski definition) is 0. The maximum atomic E-state index is 12.4. The Balaban J connectivity index is 1.78. The molecule has 24 heavy (non-hydrogen) atoms. The normalized spacial score (nSPS) is 10.4. The first-order valence-electron chi connectivity index (χ1n) is 7.46. The molecule has 1 heterocycles. The Morgan fingerprint density at radius 2 is 1.79 bits per heavy atom. The minimum atomic E-state index is -0.0107. The number of aromatic nitrogens is 2. The van der Waals surface area contributed by atoms with Crippen molar-refractivity contribution >= 4 is 17.4 Å². The smallest absolute Gasteiger partial charge is 0.236 e. The van der Waals surface area contributed by atoms with Crippen LogP contribution in [0.2, 0.25) is 5.02 Å². The van der Waals surface area contributed by atoms with E-state index in [1.54, 1.807) is 42.3 Å². The van der Waals surface area contributed by atoms with Gasteiger partial charge in [0.2, 0.25) is 12.3 Å². The van der Waals surface area contributed by atoms with Gasteiger partial charge in [-0.05, 0) is 42.5 Å². The van der Waals surface area contributed by atoms with E-state index >= 15 is 0 Å². The van der Waals surface area contributed by atoms with Crippen molar-refractivity contribution in [1.82, 2.24) is 5.10 Å². The zero-order valence-corrected chi connectivity index (χ0v) is 13.9. The first-order valence-corrected chi connectivity index (χ1v) is 7.83. The molecule has 2 aromatic carbocycles. The van der Waals surface area contributed by atoms with Crippen molar-refractivity contribution in [2.45, 2.75) is 6.54 Å². The van der Waals surface area contributed by atoms with E-state index < -0.39 is 0 Å². The van der Waals surface area contributed by atoms with Gasteiger partial charge in [0, 0.05) is 27.3 Å². The number of benzene rings is 2. The van der Waals surface area contributed by atoms with Crippen LogP contribution in [0.3, 0.4) is 0 Å². The number of ether oxygens (including phenoxy) is 1. The number of ketones is 1. The average Bonchev–Trinajstić information content (AvgIpc) is 2.62. The van der Waals surface area contributed by atoms with Gasteiger partial charge in [-0.2, -0.15) is 0 Å². The average molecular weight is 340 g/mol. The number of halogens is 1. The molecule has 0 atom stereocenters. The van der Waals surface area contributed by atoms with E-state index in [-0.39, 0.29) is 12.3 Å². The predicted molar refractivity (Wildman–Crippen MR) is 92.2 cm³/mol. The fourth-order valence-corrected chi connectivity index (χ4v) is 2.44. The summed E-state index contributed by atoms with van der Waals surface area (Å²) in [6.07, 6.45) is 1.78. The Morgan fingerprint density at radius 3 is 2.46 bits per heavy atom. The second kappa shape index (κ2) is 7.23. The third-order valence-corrected chi connectivity index (χ3v) is 3.86. The number of methoxy groups -OCH3 is 1. The van der Waals surface area contributed by atoms with Gasteiger partial charge in [0.05, 0.1) is 7.11 Å². The third kappa shape index (κ3) is 3.78. The summed E-state index contributed by atoms with van der Waals surface area (Å²) in [4.78, 5) is 12.4. The van der Waals surface area contributed by atoms with Crippen molar-refractivity contribution in [2.75, 3.05) is 7.11 Å². The molecule has 3 aromatic rings. The predicted octanol–water partition coefficient (Wildman–Crippen LogP) is 3.58. The molecule has 4 nitrogen and oxygen atoms in total. The maximum Gasteiger partial charge on any atom is 0.236 e. The molecule has 0 saturated heterocycles. The van der Waals surface area contributed by atoms with Crippen molar-refractivity contribution < 1.29 is 14.2 Å².